The van der Waals surface area contributed by atoms with Gasteiger partial charge in [0.2, 0.25) is 0 Å². The Labute approximate surface area is 135 Å². The molecule has 3 heterocycles. The topological polar surface area (TPSA) is 73.9 Å². The minimum atomic E-state index is -0.369. The molecule has 0 aromatic carbocycles. The molecule has 1 aliphatic heterocycles. The molecule has 3 rings (SSSR count). The average molecular weight is 346 g/mol. The predicted octanol–water partition coefficient (Wildman–Crippen LogP) is 2.00. The van der Waals surface area contributed by atoms with Gasteiger partial charge in [0.1, 0.15) is 9.90 Å². The molecule has 0 unspecified atom stereocenters. The second-order valence-electron chi connectivity index (χ2n) is 4.77. The van der Waals surface area contributed by atoms with Gasteiger partial charge in [0, 0.05) is 25.7 Å². The highest BCUT2D eigenvalue weighted by atomic mass is 35.5. The number of rotatable bonds is 2. The monoisotopic (exact) mass is 345 g/mol. The number of halogens is 2. The van der Waals surface area contributed by atoms with Crippen LogP contribution in [0.4, 0.5) is 5.82 Å². The molecule has 9 heteroatoms. The number of hydrogen-bond donors (Lipinski definition) is 2. The highest BCUT2D eigenvalue weighted by molar-refractivity contribution is 7.13. The second-order valence-corrected chi connectivity index (χ2v) is 6.36. The summed E-state index contributed by atoms with van der Waals surface area (Å²) in [4.78, 5) is 25.9. The Kier molecular flexibility index (Phi) is 4.17. The van der Waals surface area contributed by atoms with Crippen LogP contribution in [0.5, 0.6) is 0 Å². The minimum Gasteiger partial charge on any atom is -0.350 e. The van der Waals surface area contributed by atoms with Crippen LogP contribution in [0, 0.1) is 0 Å². The van der Waals surface area contributed by atoms with Gasteiger partial charge >= 0.3 is 0 Å². The Balaban J connectivity index is 2.10. The van der Waals surface area contributed by atoms with Crippen LogP contribution < -0.4 is 15.8 Å². The van der Waals surface area contributed by atoms with Crippen LogP contribution in [0.15, 0.2) is 10.3 Å². The number of aromatic nitrogens is 3. The van der Waals surface area contributed by atoms with Crippen molar-refractivity contribution in [2.45, 2.75) is 13.0 Å². The largest absolute Gasteiger partial charge is 0.350 e. The SMILES string of the molecule is C[C@@H]1CNCCN1c1nc(-c2scnc2Cl)[nH]c(=O)c1Cl. The zero-order chi connectivity index (χ0) is 15.0. The Morgan fingerprint density at radius 1 is 1.48 bits per heavy atom. The molecule has 112 valence electrons. The first-order valence-electron chi connectivity index (χ1n) is 6.44. The molecule has 0 aliphatic carbocycles. The van der Waals surface area contributed by atoms with E-state index in [1.165, 1.54) is 11.3 Å². The van der Waals surface area contributed by atoms with Crippen molar-refractivity contribution in [3.05, 3.63) is 26.0 Å². The first-order valence-corrected chi connectivity index (χ1v) is 8.08. The number of anilines is 1. The minimum absolute atomic E-state index is 0.105. The van der Waals surface area contributed by atoms with Crippen molar-refractivity contribution in [1.82, 2.24) is 20.3 Å². The van der Waals surface area contributed by atoms with Gasteiger partial charge in [0.05, 0.1) is 5.51 Å². The van der Waals surface area contributed by atoms with Crippen molar-refractivity contribution in [3.8, 4) is 10.7 Å². The summed E-state index contributed by atoms with van der Waals surface area (Å²) in [6.07, 6.45) is 0. The molecule has 1 aliphatic rings. The maximum atomic E-state index is 12.1. The third kappa shape index (κ3) is 2.78. The van der Waals surface area contributed by atoms with Gasteiger partial charge in [-0.3, -0.25) is 4.79 Å². The standard InChI is InChI=1S/C12H13Cl2N5OS/c1-6-4-15-2-3-19(6)11-7(13)12(20)18-10(17-11)8-9(14)16-5-21-8/h5-6,15H,2-4H2,1H3,(H,17,18,20)/t6-/m1/s1. The zero-order valence-corrected chi connectivity index (χ0v) is 13.5. The van der Waals surface area contributed by atoms with Crippen molar-refractivity contribution < 1.29 is 0 Å². The van der Waals surface area contributed by atoms with Gasteiger partial charge in [-0.2, -0.15) is 0 Å². The van der Waals surface area contributed by atoms with E-state index in [1.807, 2.05) is 4.90 Å². The van der Waals surface area contributed by atoms with Crippen LogP contribution in [-0.2, 0) is 0 Å². The van der Waals surface area contributed by atoms with Gasteiger partial charge in [-0.1, -0.05) is 23.2 Å². The molecule has 1 atom stereocenters. The molecule has 1 fully saturated rings. The number of nitrogens with one attached hydrogen (secondary N) is 2. The van der Waals surface area contributed by atoms with Crippen LogP contribution in [0.1, 0.15) is 6.92 Å². The third-order valence-corrected chi connectivity index (χ3v) is 4.93. The predicted molar refractivity (Wildman–Crippen MR) is 85.7 cm³/mol. The van der Waals surface area contributed by atoms with Gasteiger partial charge in [-0.05, 0) is 6.92 Å². The van der Waals surface area contributed by atoms with Crippen LogP contribution in [0.2, 0.25) is 10.2 Å². The summed E-state index contributed by atoms with van der Waals surface area (Å²) in [7, 11) is 0. The number of H-pyrrole nitrogens is 1. The number of piperazine rings is 1. The summed E-state index contributed by atoms with van der Waals surface area (Å²) < 4.78 is 0. The van der Waals surface area contributed by atoms with E-state index < -0.39 is 0 Å². The number of aromatic amines is 1. The molecule has 1 saturated heterocycles. The molecule has 0 radical (unpaired) electrons. The van der Waals surface area contributed by atoms with E-state index in [0.29, 0.717) is 21.7 Å². The molecule has 2 aromatic heterocycles. The maximum Gasteiger partial charge on any atom is 0.272 e. The van der Waals surface area contributed by atoms with E-state index in [-0.39, 0.29) is 16.6 Å². The molecule has 2 aromatic rings. The van der Waals surface area contributed by atoms with Crippen molar-refractivity contribution in [3.63, 3.8) is 0 Å². The van der Waals surface area contributed by atoms with Gasteiger partial charge in [0.15, 0.2) is 16.8 Å². The number of nitrogens with zero attached hydrogens (tertiary/aromatic N) is 3. The highest BCUT2D eigenvalue weighted by Gasteiger charge is 2.24. The van der Waals surface area contributed by atoms with E-state index in [4.69, 9.17) is 23.2 Å². The van der Waals surface area contributed by atoms with Crippen molar-refractivity contribution in [2.75, 3.05) is 24.5 Å². The highest BCUT2D eigenvalue weighted by Crippen LogP contribution is 2.31. The quantitative estimate of drug-likeness (QED) is 0.870. The number of hydrogen-bond acceptors (Lipinski definition) is 6. The maximum absolute atomic E-state index is 12.1. The molecule has 6 nitrogen and oxygen atoms in total. The lowest BCUT2D eigenvalue weighted by atomic mass is 10.2. The van der Waals surface area contributed by atoms with Gasteiger partial charge < -0.3 is 15.2 Å². The summed E-state index contributed by atoms with van der Waals surface area (Å²) in [5, 5.41) is 3.72. The average Bonchev–Trinajstić information content (AvgIpc) is 2.89. The second kappa shape index (κ2) is 5.92. The van der Waals surface area contributed by atoms with E-state index in [9.17, 15) is 4.79 Å². The van der Waals surface area contributed by atoms with Gasteiger partial charge in [-0.15, -0.1) is 11.3 Å². The number of thiazole rings is 1. The Hall–Kier alpha value is -1.15. The fourth-order valence-corrected chi connectivity index (χ4v) is 3.44. The molecule has 0 amide bonds. The van der Waals surface area contributed by atoms with Crippen molar-refractivity contribution >= 4 is 40.4 Å². The summed E-state index contributed by atoms with van der Waals surface area (Å²) >= 11 is 13.5. The Bertz CT molecular complexity index is 716. The smallest absolute Gasteiger partial charge is 0.272 e. The zero-order valence-electron chi connectivity index (χ0n) is 11.2. The van der Waals surface area contributed by atoms with E-state index in [2.05, 4.69) is 27.2 Å². The Morgan fingerprint density at radius 2 is 2.29 bits per heavy atom. The summed E-state index contributed by atoms with van der Waals surface area (Å²) in [5.74, 6) is 0.895. The van der Waals surface area contributed by atoms with E-state index in [1.54, 1.807) is 5.51 Å². The van der Waals surface area contributed by atoms with Crippen LogP contribution >= 0.6 is 34.5 Å². The molecule has 0 spiro atoms. The van der Waals surface area contributed by atoms with Gasteiger partial charge in [-0.25, -0.2) is 9.97 Å². The summed E-state index contributed by atoms with van der Waals surface area (Å²) in [6.45, 7) is 4.45. The van der Waals surface area contributed by atoms with Crippen LogP contribution in [0.25, 0.3) is 10.7 Å². The summed E-state index contributed by atoms with van der Waals surface area (Å²) in [5.41, 5.74) is 1.24. The molecular weight excluding hydrogens is 333 g/mol. The van der Waals surface area contributed by atoms with E-state index >= 15 is 0 Å². The molecular formula is C12H13Cl2N5OS. The normalized spacial score (nSPS) is 19.0. The van der Waals surface area contributed by atoms with Crippen LogP contribution in [0.3, 0.4) is 0 Å². The first-order chi connectivity index (χ1) is 10.1. The summed E-state index contributed by atoms with van der Waals surface area (Å²) in [6, 6.07) is 0.204. The van der Waals surface area contributed by atoms with Crippen molar-refractivity contribution in [1.29, 1.82) is 0 Å². The first kappa shape index (κ1) is 14.8. The van der Waals surface area contributed by atoms with Gasteiger partial charge in [0.25, 0.3) is 5.56 Å². The van der Waals surface area contributed by atoms with E-state index in [0.717, 1.165) is 19.6 Å². The lowest BCUT2D eigenvalue weighted by Crippen LogP contribution is -2.50. The van der Waals surface area contributed by atoms with Crippen molar-refractivity contribution in [2.24, 2.45) is 0 Å². The molecule has 2 N–H and O–H groups in total. The fourth-order valence-electron chi connectivity index (χ4n) is 2.29. The Morgan fingerprint density at radius 3 is 2.95 bits per heavy atom. The fraction of sp³-hybridized carbons (Fsp3) is 0.417. The lowest BCUT2D eigenvalue weighted by molar-refractivity contribution is 0.497. The lowest BCUT2D eigenvalue weighted by Gasteiger charge is -2.35. The molecule has 21 heavy (non-hydrogen) atoms. The molecule has 0 saturated carbocycles. The molecule has 0 bridgehead atoms. The van der Waals surface area contributed by atoms with Crippen LogP contribution in [-0.4, -0.2) is 40.6 Å². The third-order valence-electron chi connectivity index (χ3n) is 3.36.